The van der Waals surface area contributed by atoms with Gasteiger partial charge in [0.15, 0.2) is 5.76 Å². The topological polar surface area (TPSA) is 131 Å². The van der Waals surface area contributed by atoms with Gasteiger partial charge in [-0.3, -0.25) is 15.5 Å². The highest BCUT2D eigenvalue weighted by atomic mass is 32.1. The van der Waals surface area contributed by atoms with E-state index in [1.54, 1.807) is 19.1 Å². The molecular weight excluding hydrogens is 408 g/mol. The maximum Gasteiger partial charge on any atom is 0.342 e. The average Bonchev–Trinajstić information content (AvgIpc) is 3.38. The Balaban J connectivity index is 1.57. The number of fused-ring (bicyclic) bond motifs is 1. The Kier molecular flexibility index (Phi) is 4.98. The molecule has 0 fully saturated rings. The van der Waals surface area contributed by atoms with Crippen LogP contribution in [0.1, 0.15) is 23.0 Å². The van der Waals surface area contributed by atoms with E-state index in [0.717, 1.165) is 16.3 Å². The van der Waals surface area contributed by atoms with Crippen LogP contribution in [0.2, 0.25) is 0 Å². The first-order valence-corrected chi connectivity index (χ1v) is 9.52. The lowest BCUT2D eigenvalue weighted by atomic mass is 10.1. The summed E-state index contributed by atoms with van der Waals surface area (Å²) in [5.74, 6) is -0.543. The summed E-state index contributed by atoms with van der Waals surface area (Å²) in [6, 6.07) is 14.9. The molecule has 0 saturated carbocycles. The zero-order valence-corrected chi connectivity index (χ0v) is 16.3. The number of carboxylic acids is 1. The summed E-state index contributed by atoms with van der Waals surface area (Å²) in [5, 5.41) is 25.2. The van der Waals surface area contributed by atoms with Gasteiger partial charge in [0, 0.05) is 11.6 Å². The van der Waals surface area contributed by atoms with Crippen molar-refractivity contribution in [2.75, 3.05) is 5.43 Å². The number of aromatic carboxylic acids is 1. The standard InChI is InChI=1S/C20H14N4O5S/c1-11(22-23-20-21-14-4-2-3-5-18(14)30-20)16-8-9-17(29-16)12-6-7-15(24(27)28)13(10-12)19(25)26/h2-10H,1H3,(H,21,23)(H,25,26)/b22-11+. The van der Waals surface area contributed by atoms with E-state index in [0.29, 0.717) is 27.9 Å². The van der Waals surface area contributed by atoms with Crippen molar-refractivity contribution in [2.24, 2.45) is 5.10 Å². The van der Waals surface area contributed by atoms with Gasteiger partial charge in [0.25, 0.3) is 5.69 Å². The van der Waals surface area contributed by atoms with Crippen LogP contribution in [-0.4, -0.2) is 26.7 Å². The molecule has 4 rings (SSSR count). The van der Waals surface area contributed by atoms with Crippen molar-refractivity contribution < 1.29 is 19.2 Å². The zero-order chi connectivity index (χ0) is 21.3. The fourth-order valence-corrected chi connectivity index (χ4v) is 3.62. The number of thiazole rings is 1. The monoisotopic (exact) mass is 422 g/mol. The average molecular weight is 422 g/mol. The Hall–Kier alpha value is -4.05. The Labute approximate surface area is 173 Å². The first-order chi connectivity index (χ1) is 14.4. The number of nitrogens with zero attached hydrogens (tertiary/aromatic N) is 3. The predicted molar refractivity (Wildman–Crippen MR) is 113 cm³/mol. The number of rotatable bonds is 6. The highest BCUT2D eigenvalue weighted by Crippen LogP contribution is 2.29. The van der Waals surface area contributed by atoms with Crippen molar-refractivity contribution in [1.29, 1.82) is 0 Å². The fraction of sp³-hybridized carbons (Fsp3) is 0.0500. The summed E-state index contributed by atoms with van der Waals surface area (Å²) in [6.45, 7) is 1.75. The zero-order valence-electron chi connectivity index (χ0n) is 15.5. The lowest BCUT2D eigenvalue weighted by Crippen LogP contribution is -2.02. The molecule has 150 valence electrons. The third-order valence-electron chi connectivity index (χ3n) is 4.28. The van der Waals surface area contributed by atoms with E-state index >= 15 is 0 Å². The van der Waals surface area contributed by atoms with Crippen LogP contribution in [0.4, 0.5) is 10.8 Å². The van der Waals surface area contributed by atoms with E-state index < -0.39 is 22.1 Å². The number of nitro groups is 1. The first-order valence-electron chi connectivity index (χ1n) is 8.70. The van der Waals surface area contributed by atoms with E-state index in [4.69, 9.17) is 4.42 Å². The van der Waals surface area contributed by atoms with Crippen molar-refractivity contribution >= 4 is 44.1 Å². The molecule has 0 aliphatic carbocycles. The van der Waals surface area contributed by atoms with E-state index in [1.165, 1.54) is 23.5 Å². The minimum absolute atomic E-state index is 0.372. The van der Waals surface area contributed by atoms with Crippen molar-refractivity contribution in [1.82, 2.24) is 4.98 Å². The summed E-state index contributed by atoms with van der Waals surface area (Å²) in [4.78, 5) is 26.1. The number of anilines is 1. The largest absolute Gasteiger partial charge is 0.477 e. The van der Waals surface area contributed by atoms with Gasteiger partial charge in [0.2, 0.25) is 5.13 Å². The molecule has 10 heteroatoms. The molecule has 0 aliphatic heterocycles. The summed E-state index contributed by atoms with van der Waals surface area (Å²) in [6.07, 6.45) is 0. The SMILES string of the molecule is C/C(=N\Nc1nc2ccccc2s1)c1ccc(-c2ccc([N+](=O)[O-])c(C(=O)O)c2)o1. The van der Waals surface area contributed by atoms with Crippen molar-refractivity contribution in [3.05, 3.63) is 76.0 Å². The molecule has 0 spiro atoms. The smallest absolute Gasteiger partial charge is 0.342 e. The number of aromatic nitrogens is 1. The summed E-state index contributed by atoms with van der Waals surface area (Å²) in [5.41, 5.74) is 3.88. The number of hydrogen-bond donors (Lipinski definition) is 2. The van der Waals surface area contributed by atoms with Gasteiger partial charge >= 0.3 is 5.97 Å². The van der Waals surface area contributed by atoms with Gasteiger partial charge in [0.1, 0.15) is 17.0 Å². The molecule has 0 amide bonds. The highest BCUT2D eigenvalue weighted by molar-refractivity contribution is 7.22. The Morgan fingerprint density at radius 3 is 2.77 bits per heavy atom. The molecule has 0 bridgehead atoms. The molecule has 0 unspecified atom stereocenters. The molecule has 2 heterocycles. The Morgan fingerprint density at radius 2 is 2.03 bits per heavy atom. The highest BCUT2D eigenvalue weighted by Gasteiger charge is 2.21. The normalized spacial score (nSPS) is 11.6. The number of carbonyl (C=O) groups is 1. The molecule has 0 atom stereocenters. The van der Waals surface area contributed by atoms with Crippen molar-refractivity contribution in [3.8, 4) is 11.3 Å². The Morgan fingerprint density at radius 1 is 1.23 bits per heavy atom. The first kappa shape index (κ1) is 19.3. The quantitative estimate of drug-likeness (QED) is 0.254. The van der Waals surface area contributed by atoms with Gasteiger partial charge in [-0.2, -0.15) is 5.10 Å². The van der Waals surface area contributed by atoms with Gasteiger partial charge in [-0.15, -0.1) is 0 Å². The predicted octanol–water partition coefficient (Wildman–Crippen LogP) is 5.00. The molecule has 9 nitrogen and oxygen atoms in total. The molecule has 2 aromatic carbocycles. The Bertz CT molecular complexity index is 1270. The summed E-state index contributed by atoms with van der Waals surface area (Å²) >= 11 is 1.47. The minimum atomic E-state index is -1.38. The van der Waals surface area contributed by atoms with E-state index in [1.807, 2.05) is 24.3 Å². The maximum atomic E-state index is 11.3. The van der Waals surface area contributed by atoms with Gasteiger partial charge < -0.3 is 9.52 Å². The number of benzene rings is 2. The second-order valence-electron chi connectivity index (χ2n) is 6.25. The molecule has 0 aliphatic rings. The van der Waals surface area contributed by atoms with Crippen LogP contribution in [-0.2, 0) is 0 Å². The lowest BCUT2D eigenvalue weighted by molar-refractivity contribution is -0.385. The van der Waals surface area contributed by atoms with Crippen LogP contribution < -0.4 is 5.43 Å². The van der Waals surface area contributed by atoms with Crippen molar-refractivity contribution in [3.63, 3.8) is 0 Å². The number of carboxylic acid groups (broad SMARTS) is 1. The molecule has 2 aromatic heterocycles. The molecule has 2 N–H and O–H groups in total. The van der Waals surface area contributed by atoms with Gasteiger partial charge in [-0.1, -0.05) is 23.5 Å². The lowest BCUT2D eigenvalue weighted by Gasteiger charge is -2.02. The number of nitro benzene ring substituents is 1. The molecular formula is C20H14N4O5S. The van der Waals surface area contributed by atoms with Crippen LogP contribution >= 0.6 is 11.3 Å². The molecule has 0 radical (unpaired) electrons. The molecule has 30 heavy (non-hydrogen) atoms. The van der Waals surface area contributed by atoms with E-state index in [9.17, 15) is 20.0 Å². The third kappa shape index (κ3) is 3.76. The third-order valence-corrected chi connectivity index (χ3v) is 5.22. The summed E-state index contributed by atoms with van der Waals surface area (Å²) < 4.78 is 6.81. The second-order valence-corrected chi connectivity index (χ2v) is 7.28. The van der Waals surface area contributed by atoms with Crippen LogP contribution in [0.3, 0.4) is 0 Å². The van der Waals surface area contributed by atoms with Gasteiger partial charge in [0.05, 0.1) is 15.1 Å². The number of hydrazone groups is 1. The van der Waals surface area contributed by atoms with Crippen LogP contribution in [0.5, 0.6) is 0 Å². The molecule has 4 aromatic rings. The van der Waals surface area contributed by atoms with Crippen molar-refractivity contribution in [2.45, 2.75) is 6.92 Å². The fourth-order valence-electron chi connectivity index (χ4n) is 2.81. The number of furan rings is 1. The van der Waals surface area contributed by atoms with Gasteiger partial charge in [-0.25, -0.2) is 9.78 Å². The van der Waals surface area contributed by atoms with E-state index in [2.05, 4.69) is 15.5 Å². The number of para-hydroxylation sites is 1. The molecule has 0 saturated heterocycles. The number of hydrogen-bond acceptors (Lipinski definition) is 8. The van der Waals surface area contributed by atoms with E-state index in [-0.39, 0.29) is 0 Å². The van der Waals surface area contributed by atoms with Crippen LogP contribution in [0, 0.1) is 10.1 Å². The minimum Gasteiger partial charge on any atom is -0.477 e. The van der Waals surface area contributed by atoms with Crippen LogP contribution in [0.25, 0.3) is 21.5 Å². The number of nitrogens with one attached hydrogen (secondary N) is 1. The van der Waals surface area contributed by atoms with Gasteiger partial charge in [-0.05, 0) is 43.3 Å². The second kappa shape index (κ2) is 7.76. The maximum absolute atomic E-state index is 11.3. The van der Waals surface area contributed by atoms with Crippen LogP contribution in [0.15, 0.2) is 64.1 Å². The summed E-state index contributed by atoms with van der Waals surface area (Å²) in [7, 11) is 0.